The normalized spacial score (nSPS) is 14.7. The minimum absolute atomic E-state index is 0.0305. The Morgan fingerprint density at radius 2 is 1.92 bits per heavy atom. The van der Waals surface area contributed by atoms with Crippen LogP contribution in [0.3, 0.4) is 0 Å². The molecule has 0 atom stereocenters. The fourth-order valence-corrected chi connectivity index (χ4v) is 2.96. The van der Waals surface area contributed by atoms with Crippen LogP contribution in [0.25, 0.3) is 0 Å². The molecule has 0 radical (unpaired) electrons. The number of para-hydroxylation sites is 1. The van der Waals surface area contributed by atoms with E-state index in [9.17, 15) is 13.2 Å². The summed E-state index contributed by atoms with van der Waals surface area (Å²) in [5.41, 5.74) is 0.687. The number of rotatable bonds is 6. The van der Waals surface area contributed by atoms with Gasteiger partial charge in [0.15, 0.2) is 0 Å². The van der Waals surface area contributed by atoms with Crippen LogP contribution in [0.2, 0.25) is 0 Å². The summed E-state index contributed by atoms with van der Waals surface area (Å²) in [5.74, 6) is 0.715. The van der Waals surface area contributed by atoms with Gasteiger partial charge in [0.1, 0.15) is 5.82 Å². The van der Waals surface area contributed by atoms with Crippen molar-refractivity contribution in [3.05, 3.63) is 53.7 Å². The van der Waals surface area contributed by atoms with Crippen LogP contribution in [0.5, 0.6) is 0 Å². The molecule has 0 bridgehead atoms. The molecule has 0 amide bonds. The molecule has 138 valence electrons. The lowest BCUT2D eigenvalue weighted by molar-refractivity contribution is -0.136. The maximum absolute atomic E-state index is 13.1. The molecule has 2 N–H and O–H groups in total. The maximum Gasteiger partial charge on any atom is 0.418 e. The van der Waals surface area contributed by atoms with Gasteiger partial charge in [-0.3, -0.25) is 0 Å². The van der Waals surface area contributed by atoms with E-state index in [1.807, 2.05) is 0 Å². The molecule has 0 saturated carbocycles. The Labute approximate surface area is 150 Å². The Morgan fingerprint density at radius 3 is 2.69 bits per heavy atom. The van der Waals surface area contributed by atoms with Gasteiger partial charge in [0.25, 0.3) is 0 Å². The smallest absolute Gasteiger partial charge is 0.354 e. The highest BCUT2D eigenvalue weighted by Gasteiger charge is 2.33. The number of halogens is 3. The minimum atomic E-state index is -4.43. The molecule has 3 rings (SSSR count). The molecule has 1 heterocycles. The molecular weight excluding hydrogens is 341 g/mol. The first-order chi connectivity index (χ1) is 12.5. The highest BCUT2D eigenvalue weighted by Crippen LogP contribution is 2.35. The first kappa shape index (κ1) is 18.2. The number of alkyl halides is 3. The molecule has 0 saturated heterocycles. The third kappa shape index (κ3) is 4.97. The summed E-state index contributed by atoms with van der Waals surface area (Å²) in [5, 5.41) is 5.87. The largest absolute Gasteiger partial charge is 0.418 e. The van der Waals surface area contributed by atoms with Gasteiger partial charge in [-0.15, -0.1) is 0 Å². The number of nitrogens with one attached hydrogen (secondary N) is 2. The number of hydrogen-bond donors (Lipinski definition) is 2. The molecule has 7 heteroatoms. The number of benzene rings is 1. The van der Waals surface area contributed by atoms with Crippen LogP contribution in [0.4, 0.5) is 30.6 Å². The molecule has 0 fully saturated rings. The van der Waals surface area contributed by atoms with Crippen molar-refractivity contribution >= 4 is 17.5 Å². The monoisotopic (exact) mass is 362 g/mol. The van der Waals surface area contributed by atoms with E-state index in [1.165, 1.54) is 36.7 Å². The van der Waals surface area contributed by atoms with Gasteiger partial charge in [-0.25, -0.2) is 4.98 Å². The molecule has 1 aliphatic carbocycles. The average Bonchev–Trinajstić information content (AvgIpc) is 2.63. The molecular formula is C19H21F3N4. The van der Waals surface area contributed by atoms with Crippen molar-refractivity contribution in [2.45, 2.75) is 38.3 Å². The Morgan fingerprint density at radius 1 is 1.08 bits per heavy atom. The highest BCUT2D eigenvalue weighted by atomic mass is 19.4. The fourth-order valence-electron chi connectivity index (χ4n) is 2.96. The third-order valence-electron chi connectivity index (χ3n) is 4.27. The van der Waals surface area contributed by atoms with Crippen LogP contribution in [-0.2, 0) is 6.18 Å². The van der Waals surface area contributed by atoms with Crippen molar-refractivity contribution in [3.8, 4) is 0 Å². The second-order valence-electron chi connectivity index (χ2n) is 6.22. The predicted octanol–water partition coefficient (Wildman–Crippen LogP) is 5.54. The Kier molecular flexibility index (Phi) is 5.75. The van der Waals surface area contributed by atoms with Gasteiger partial charge in [-0.05, 0) is 50.3 Å². The lowest BCUT2D eigenvalue weighted by atomic mass is 9.97. The molecule has 1 aromatic carbocycles. The number of allylic oxidation sites excluding steroid dienone is 1. The van der Waals surface area contributed by atoms with Crippen LogP contribution < -0.4 is 10.6 Å². The van der Waals surface area contributed by atoms with E-state index in [4.69, 9.17) is 0 Å². The number of anilines is 3. The van der Waals surface area contributed by atoms with E-state index in [-0.39, 0.29) is 5.69 Å². The van der Waals surface area contributed by atoms with Gasteiger partial charge in [-0.1, -0.05) is 23.8 Å². The second kappa shape index (κ2) is 8.21. The van der Waals surface area contributed by atoms with Crippen LogP contribution in [0.15, 0.2) is 48.2 Å². The van der Waals surface area contributed by atoms with Gasteiger partial charge in [0.2, 0.25) is 5.95 Å². The van der Waals surface area contributed by atoms with Crippen molar-refractivity contribution < 1.29 is 13.2 Å². The number of nitrogens with zero attached hydrogens (tertiary/aromatic N) is 2. The Bertz CT molecular complexity index is 771. The third-order valence-corrected chi connectivity index (χ3v) is 4.27. The minimum Gasteiger partial charge on any atom is -0.354 e. The van der Waals surface area contributed by atoms with Crippen LogP contribution in [0, 0.1) is 0 Å². The lowest BCUT2D eigenvalue weighted by Gasteiger charge is -2.15. The van der Waals surface area contributed by atoms with E-state index >= 15 is 0 Å². The van der Waals surface area contributed by atoms with E-state index in [2.05, 4.69) is 26.7 Å². The summed E-state index contributed by atoms with van der Waals surface area (Å²) < 4.78 is 39.3. The van der Waals surface area contributed by atoms with Gasteiger partial charge >= 0.3 is 6.18 Å². The summed E-state index contributed by atoms with van der Waals surface area (Å²) in [6.45, 7) is 0.703. The topological polar surface area (TPSA) is 49.8 Å². The van der Waals surface area contributed by atoms with E-state index in [1.54, 1.807) is 12.1 Å². The quantitative estimate of drug-likeness (QED) is 0.662. The summed E-state index contributed by atoms with van der Waals surface area (Å²) >= 11 is 0. The van der Waals surface area contributed by atoms with Gasteiger partial charge in [0.05, 0.1) is 11.3 Å². The predicted molar refractivity (Wildman–Crippen MR) is 96.4 cm³/mol. The summed E-state index contributed by atoms with van der Waals surface area (Å²) in [4.78, 5) is 8.38. The zero-order chi connectivity index (χ0) is 18.4. The standard InChI is InChI=1S/C19H21F3N4/c20-19(21,22)15-8-4-5-9-16(15)25-17-11-13-24-18(26-17)23-12-10-14-6-2-1-3-7-14/h4-6,8-9,11,13H,1-3,7,10,12H2,(H2,23,24,25,26). The van der Waals surface area contributed by atoms with Crippen LogP contribution in [0.1, 0.15) is 37.7 Å². The maximum atomic E-state index is 13.1. The first-order valence-electron chi connectivity index (χ1n) is 8.70. The van der Waals surface area contributed by atoms with Gasteiger partial charge in [-0.2, -0.15) is 18.2 Å². The van der Waals surface area contributed by atoms with Crippen molar-refractivity contribution in [3.63, 3.8) is 0 Å². The summed E-state index contributed by atoms with van der Waals surface area (Å²) in [6.07, 6.45) is 5.09. The molecule has 26 heavy (non-hydrogen) atoms. The SMILES string of the molecule is FC(F)(F)c1ccccc1Nc1ccnc(NCCC2=CCCCC2)n1. The van der Waals surface area contributed by atoms with Gasteiger partial charge in [0, 0.05) is 12.7 Å². The zero-order valence-corrected chi connectivity index (χ0v) is 14.3. The fraction of sp³-hybridized carbons (Fsp3) is 0.368. The molecule has 2 aromatic rings. The second-order valence-corrected chi connectivity index (χ2v) is 6.22. The van der Waals surface area contributed by atoms with Crippen LogP contribution in [-0.4, -0.2) is 16.5 Å². The molecule has 1 aromatic heterocycles. The van der Waals surface area contributed by atoms with E-state index < -0.39 is 11.7 Å². The van der Waals surface area contributed by atoms with Gasteiger partial charge < -0.3 is 10.6 Å². The highest BCUT2D eigenvalue weighted by molar-refractivity contribution is 5.61. The number of hydrogen-bond acceptors (Lipinski definition) is 4. The van der Waals surface area contributed by atoms with Crippen molar-refractivity contribution in [1.29, 1.82) is 0 Å². The Balaban J connectivity index is 1.64. The molecule has 4 nitrogen and oxygen atoms in total. The van der Waals surface area contributed by atoms with Crippen molar-refractivity contribution in [2.75, 3.05) is 17.2 Å². The van der Waals surface area contributed by atoms with Crippen LogP contribution >= 0.6 is 0 Å². The first-order valence-corrected chi connectivity index (χ1v) is 8.70. The van der Waals surface area contributed by atoms with Crippen molar-refractivity contribution in [1.82, 2.24) is 9.97 Å². The number of aromatic nitrogens is 2. The Hall–Kier alpha value is -2.57. The van der Waals surface area contributed by atoms with Crippen molar-refractivity contribution in [2.24, 2.45) is 0 Å². The average molecular weight is 362 g/mol. The van der Waals surface area contributed by atoms with E-state index in [0.717, 1.165) is 25.3 Å². The molecule has 0 aliphatic heterocycles. The zero-order valence-electron chi connectivity index (χ0n) is 14.3. The summed E-state index contributed by atoms with van der Waals surface area (Å²) in [6, 6.07) is 6.88. The molecule has 1 aliphatic rings. The lowest BCUT2D eigenvalue weighted by Crippen LogP contribution is -2.10. The summed E-state index contributed by atoms with van der Waals surface area (Å²) in [7, 11) is 0. The molecule has 0 spiro atoms. The van der Waals surface area contributed by atoms with E-state index in [0.29, 0.717) is 18.3 Å². The molecule has 0 unspecified atom stereocenters.